The molecule has 3 rings (SSSR count). The predicted molar refractivity (Wildman–Crippen MR) is 102 cm³/mol. The number of hydrogen-bond acceptors (Lipinski definition) is 3. The van der Waals surface area contributed by atoms with Gasteiger partial charge in [-0.1, -0.05) is 18.2 Å². The number of carbonyl (C=O) groups excluding carboxylic acids is 2. The highest BCUT2D eigenvalue weighted by atomic mass is 16.5. The molecule has 2 aromatic carbocycles. The SMILES string of the molecule is COc1ccccc1C(C)N(C)C(=O)c1ccc2c(c1)CCN2C(C)=O. The van der Waals surface area contributed by atoms with E-state index in [1.54, 1.807) is 36.9 Å². The number of hydrogen-bond donors (Lipinski definition) is 0. The molecule has 136 valence electrons. The smallest absolute Gasteiger partial charge is 0.254 e. The van der Waals surface area contributed by atoms with Crippen LogP contribution in [0.1, 0.15) is 41.4 Å². The summed E-state index contributed by atoms with van der Waals surface area (Å²) in [5.74, 6) is 0.753. The number of para-hydroxylation sites is 1. The molecule has 1 aliphatic rings. The third kappa shape index (κ3) is 3.17. The molecule has 0 N–H and O–H groups in total. The van der Waals surface area contributed by atoms with Crippen LogP contribution >= 0.6 is 0 Å². The van der Waals surface area contributed by atoms with E-state index in [2.05, 4.69) is 0 Å². The number of amides is 2. The Hall–Kier alpha value is -2.82. The zero-order chi connectivity index (χ0) is 18.8. The zero-order valence-electron chi connectivity index (χ0n) is 15.7. The van der Waals surface area contributed by atoms with Crippen molar-refractivity contribution in [2.75, 3.05) is 25.6 Å². The molecule has 0 radical (unpaired) electrons. The second kappa shape index (κ2) is 7.20. The maximum atomic E-state index is 13.0. The lowest BCUT2D eigenvalue weighted by molar-refractivity contribution is -0.116. The zero-order valence-corrected chi connectivity index (χ0v) is 15.7. The van der Waals surface area contributed by atoms with E-state index in [9.17, 15) is 9.59 Å². The summed E-state index contributed by atoms with van der Waals surface area (Å²) >= 11 is 0. The highest BCUT2D eigenvalue weighted by Crippen LogP contribution is 2.31. The van der Waals surface area contributed by atoms with Gasteiger partial charge in [0.25, 0.3) is 5.91 Å². The molecule has 1 heterocycles. The number of benzene rings is 2. The lowest BCUT2D eigenvalue weighted by Gasteiger charge is -2.27. The van der Waals surface area contributed by atoms with Crippen LogP contribution < -0.4 is 9.64 Å². The fraction of sp³-hybridized carbons (Fsp3) is 0.333. The van der Waals surface area contributed by atoms with Crippen LogP contribution in [-0.4, -0.2) is 37.4 Å². The van der Waals surface area contributed by atoms with Crippen molar-refractivity contribution in [1.82, 2.24) is 4.90 Å². The van der Waals surface area contributed by atoms with E-state index in [1.165, 1.54) is 0 Å². The van der Waals surface area contributed by atoms with Crippen LogP contribution in [0.3, 0.4) is 0 Å². The molecule has 2 aromatic rings. The van der Waals surface area contributed by atoms with Gasteiger partial charge in [-0.15, -0.1) is 0 Å². The number of nitrogens with zero attached hydrogens (tertiary/aromatic N) is 2. The van der Waals surface area contributed by atoms with E-state index in [0.29, 0.717) is 12.1 Å². The maximum Gasteiger partial charge on any atom is 0.254 e. The van der Waals surface area contributed by atoms with Crippen molar-refractivity contribution in [3.05, 3.63) is 59.2 Å². The molecule has 5 nitrogen and oxygen atoms in total. The van der Waals surface area contributed by atoms with Gasteiger partial charge in [-0.3, -0.25) is 9.59 Å². The second-order valence-corrected chi connectivity index (χ2v) is 6.60. The summed E-state index contributed by atoms with van der Waals surface area (Å²) in [7, 11) is 3.43. The Morgan fingerprint density at radius 3 is 2.62 bits per heavy atom. The number of carbonyl (C=O) groups is 2. The Morgan fingerprint density at radius 1 is 1.19 bits per heavy atom. The van der Waals surface area contributed by atoms with Gasteiger partial charge in [-0.05, 0) is 43.2 Å². The Kier molecular flexibility index (Phi) is 4.98. The quantitative estimate of drug-likeness (QED) is 0.847. The summed E-state index contributed by atoms with van der Waals surface area (Å²) < 4.78 is 5.42. The molecule has 0 aliphatic carbocycles. The fourth-order valence-corrected chi connectivity index (χ4v) is 3.46. The molecule has 0 spiro atoms. The molecule has 2 amide bonds. The van der Waals surface area contributed by atoms with Gasteiger partial charge in [-0.25, -0.2) is 0 Å². The van der Waals surface area contributed by atoms with Crippen molar-refractivity contribution in [3.63, 3.8) is 0 Å². The van der Waals surface area contributed by atoms with Gasteiger partial charge >= 0.3 is 0 Å². The van der Waals surface area contributed by atoms with Gasteiger partial charge in [-0.2, -0.15) is 0 Å². The molecule has 1 unspecified atom stereocenters. The Labute approximate surface area is 154 Å². The minimum Gasteiger partial charge on any atom is -0.496 e. The number of ether oxygens (including phenoxy) is 1. The lowest BCUT2D eigenvalue weighted by Crippen LogP contribution is -2.30. The van der Waals surface area contributed by atoms with Crippen LogP contribution in [0, 0.1) is 0 Å². The maximum absolute atomic E-state index is 13.0. The molecular formula is C21H24N2O3. The first-order chi connectivity index (χ1) is 12.4. The van der Waals surface area contributed by atoms with Crippen LogP contribution in [0.25, 0.3) is 0 Å². The van der Waals surface area contributed by atoms with Crippen molar-refractivity contribution in [2.45, 2.75) is 26.3 Å². The van der Waals surface area contributed by atoms with E-state index >= 15 is 0 Å². The van der Waals surface area contributed by atoms with Crippen molar-refractivity contribution in [3.8, 4) is 5.75 Å². The van der Waals surface area contributed by atoms with E-state index < -0.39 is 0 Å². The Balaban J connectivity index is 1.84. The van der Waals surface area contributed by atoms with Crippen LogP contribution in [0.4, 0.5) is 5.69 Å². The summed E-state index contributed by atoms with van der Waals surface area (Å²) in [6.07, 6.45) is 0.780. The number of rotatable bonds is 4. The topological polar surface area (TPSA) is 49.9 Å². The first-order valence-corrected chi connectivity index (χ1v) is 8.75. The standard InChI is InChI=1S/C21H24N2O3/c1-14(18-7-5-6-8-20(18)26-4)22(3)21(25)17-9-10-19-16(13-17)11-12-23(19)15(2)24/h5-10,13-14H,11-12H2,1-4H3. The largest absolute Gasteiger partial charge is 0.496 e. The van der Waals surface area contributed by atoms with Crippen LogP contribution in [0.15, 0.2) is 42.5 Å². The van der Waals surface area contributed by atoms with Crippen molar-refractivity contribution in [2.24, 2.45) is 0 Å². The first kappa shape index (κ1) is 18.0. The molecule has 0 saturated heterocycles. The van der Waals surface area contributed by atoms with E-state index in [-0.39, 0.29) is 17.9 Å². The third-order valence-electron chi connectivity index (χ3n) is 5.09. The van der Waals surface area contributed by atoms with Gasteiger partial charge in [0.2, 0.25) is 5.91 Å². The molecular weight excluding hydrogens is 328 g/mol. The Bertz CT molecular complexity index is 847. The van der Waals surface area contributed by atoms with Gasteiger partial charge in [0, 0.05) is 37.3 Å². The predicted octanol–water partition coefficient (Wildman–Crippen LogP) is 3.44. The molecule has 1 atom stereocenters. The number of methoxy groups -OCH3 is 1. The number of anilines is 1. The van der Waals surface area contributed by atoms with Crippen molar-refractivity contribution in [1.29, 1.82) is 0 Å². The van der Waals surface area contributed by atoms with Gasteiger partial charge in [0.15, 0.2) is 0 Å². The lowest BCUT2D eigenvalue weighted by atomic mass is 10.0. The monoisotopic (exact) mass is 352 g/mol. The molecule has 1 aliphatic heterocycles. The average Bonchev–Trinajstić information content (AvgIpc) is 3.09. The summed E-state index contributed by atoms with van der Waals surface area (Å²) in [6.45, 7) is 4.23. The minimum absolute atomic E-state index is 0.0322. The van der Waals surface area contributed by atoms with Crippen LogP contribution in [0.2, 0.25) is 0 Å². The van der Waals surface area contributed by atoms with E-state index in [0.717, 1.165) is 29.0 Å². The second-order valence-electron chi connectivity index (χ2n) is 6.60. The highest BCUT2D eigenvalue weighted by molar-refractivity contribution is 5.98. The van der Waals surface area contributed by atoms with Crippen LogP contribution in [-0.2, 0) is 11.2 Å². The van der Waals surface area contributed by atoms with Gasteiger partial charge in [0.05, 0.1) is 13.2 Å². The van der Waals surface area contributed by atoms with Crippen LogP contribution in [0.5, 0.6) is 5.75 Å². The normalized spacial score (nSPS) is 13.9. The summed E-state index contributed by atoms with van der Waals surface area (Å²) in [5.41, 5.74) is 3.56. The molecule has 0 fully saturated rings. The van der Waals surface area contributed by atoms with Crippen molar-refractivity contribution >= 4 is 17.5 Å². The molecule has 0 bridgehead atoms. The average molecular weight is 352 g/mol. The van der Waals surface area contributed by atoms with Gasteiger partial charge in [0.1, 0.15) is 5.75 Å². The molecule has 26 heavy (non-hydrogen) atoms. The first-order valence-electron chi connectivity index (χ1n) is 8.75. The molecule has 0 aromatic heterocycles. The highest BCUT2D eigenvalue weighted by Gasteiger charge is 2.25. The van der Waals surface area contributed by atoms with E-state index in [1.807, 2.05) is 43.3 Å². The summed E-state index contributed by atoms with van der Waals surface area (Å²) in [5, 5.41) is 0. The third-order valence-corrected chi connectivity index (χ3v) is 5.09. The fourth-order valence-electron chi connectivity index (χ4n) is 3.46. The Morgan fingerprint density at radius 2 is 1.92 bits per heavy atom. The van der Waals surface area contributed by atoms with Gasteiger partial charge < -0.3 is 14.5 Å². The van der Waals surface area contributed by atoms with Crippen molar-refractivity contribution < 1.29 is 14.3 Å². The molecule has 0 saturated carbocycles. The molecule has 5 heteroatoms. The summed E-state index contributed by atoms with van der Waals surface area (Å²) in [6, 6.07) is 13.2. The summed E-state index contributed by atoms with van der Waals surface area (Å²) in [4.78, 5) is 28.1. The minimum atomic E-state index is -0.124. The number of fused-ring (bicyclic) bond motifs is 1. The van der Waals surface area contributed by atoms with E-state index in [4.69, 9.17) is 4.74 Å².